The van der Waals surface area contributed by atoms with Crippen LogP contribution in [0.25, 0.3) is 0 Å². The molecule has 1 aliphatic heterocycles. The van der Waals surface area contributed by atoms with E-state index in [0.29, 0.717) is 12.0 Å². The first-order chi connectivity index (χ1) is 9.01. The van der Waals surface area contributed by atoms with Gasteiger partial charge < -0.3 is 9.64 Å². The first-order valence-corrected chi connectivity index (χ1v) is 7.90. The summed E-state index contributed by atoms with van der Waals surface area (Å²) in [4.78, 5) is 2.58. The molecule has 1 rings (SSSR count). The molecule has 0 saturated carbocycles. The van der Waals surface area contributed by atoms with Crippen molar-refractivity contribution >= 4 is 0 Å². The van der Waals surface area contributed by atoms with E-state index in [4.69, 9.17) is 4.74 Å². The van der Waals surface area contributed by atoms with E-state index < -0.39 is 0 Å². The number of likely N-dealkylation sites (tertiary alicyclic amines) is 1. The first-order valence-electron chi connectivity index (χ1n) is 7.90. The second-order valence-electron chi connectivity index (χ2n) is 6.24. The molecule has 0 aromatic heterocycles. The fourth-order valence-corrected chi connectivity index (χ4v) is 2.40. The molecule has 1 heterocycles. The van der Waals surface area contributed by atoms with E-state index in [1.54, 1.807) is 0 Å². The molecule has 0 aliphatic carbocycles. The van der Waals surface area contributed by atoms with Gasteiger partial charge in [0.25, 0.3) is 0 Å². The second kappa shape index (κ2) is 8.61. The monoisotopic (exact) mass is 265 g/mol. The van der Waals surface area contributed by atoms with Gasteiger partial charge in [0, 0.05) is 25.6 Å². The van der Waals surface area contributed by atoms with E-state index in [9.17, 15) is 0 Å². The lowest BCUT2D eigenvalue weighted by Gasteiger charge is -2.33. The van der Waals surface area contributed by atoms with Crippen LogP contribution in [0.4, 0.5) is 0 Å². The van der Waals surface area contributed by atoms with Gasteiger partial charge in [0.15, 0.2) is 0 Å². The van der Waals surface area contributed by atoms with Crippen molar-refractivity contribution in [2.24, 2.45) is 11.8 Å². The van der Waals surface area contributed by atoms with Crippen molar-refractivity contribution in [3.8, 4) is 11.8 Å². The Hall–Kier alpha value is -0.520. The highest BCUT2D eigenvalue weighted by Gasteiger charge is 2.21. The number of rotatable bonds is 5. The fourth-order valence-electron chi connectivity index (χ4n) is 2.40. The summed E-state index contributed by atoms with van der Waals surface area (Å²) < 4.78 is 6.02. The molecule has 110 valence electrons. The minimum Gasteiger partial charge on any atom is -0.362 e. The Bertz CT molecular complexity index is 294. The van der Waals surface area contributed by atoms with Crippen molar-refractivity contribution in [1.82, 2.24) is 4.90 Å². The third kappa shape index (κ3) is 6.99. The van der Waals surface area contributed by atoms with Gasteiger partial charge in [-0.05, 0) is 25.7 Å². The van der Waals surface area contributed by atoms with E-state index in [1.807, 2.05) is 0 Å². The van der Waals surface area contributed by atoms with Crippen LogP contribution in [0.1, 0.15) is 53.9 Å². The van der Waals surface area contributed by atoms with Crippen LogP contribution in [0.2, 0.25) is 0 Å². The zero-order chi connectivity index (χ0) is 14.3. The van der Waals surface area contributed by atoms with Gasteiger partial charge in [0.05, 0.1) is 6.10 Å². The standard InChI is InChI=1S/C17H31NO/c1-6-15(4)13-18-11-9-17(10-12-18)19-16(5)8-7-14(2)3/h14-17H,6,9-13H2,1-5H3/t15?,16-/m0/s1. The van der Waals surface area contributed by atoms with Crippen molar-refractivity contribution in [1.29, 1.82) is 0 Å². The Morgan fingerprint density at radius 3 is 2.26 bits per heavy atom. The highest BCUT2D eigenvalue weighted by Crippen LogP contribution is 2.17. The highest BCUT2D eigenvalue weighted by molar-refractivity contribution is 5.05. The lowest BCUT2D eigenvalue weighted by Crippen LogP contribution is -2.40. The van der Waals surface area contributed by atoms with Crippen molar-refractivity contribution in [3.63, 3.8) is 0 Å². The average molecular weight is 265 g/mol. The second-order valence-corrected chi connectivity index (χ2v) is 6.24. The van der Waals surface area contributed by atoms with Crippen LogP contribution in [0.15, 0.2) is 0 Å². The molecule has 0 bridgehead atoms. The van der Waals surface area contributed by atoms with Gasteiger partial charge in [0.2, 0.25) is 0 Å². The maximum absolute atomic E-state index is 6.02. The van der Waals surface area contributed by atoms with E-state index in [2.05, 4.69) is 51.4 Å². The largest absolute Gasteiger partial charge is 0.362 e. The molecule has 2 heteroatoms. The molecule has 1 fully saturated rings. The minimum atomic E-state index is 0.0773. The van der Waals surface area contributed by atoms with Gasteiger partial charge in [-0.1, -0.05) is 46.0 Å². The summed E-state index contributed by atoms with van der Waals surface area (Å²) in [5, 5.41) is 0. The molecule has 0 spiro atoms. The van der Waals surface area contributed by atoms with E-state index in [-0.39, 0.29) is 6.10 Å². The molecule has 0 amide bonds. The van der Waals surface area contributed by atoms with Crippen molar-refractivity contribution < 1.29 is 4.74 Å². The molecule has 2 atom stereocenters. The molecule has 1 unspecified atom stereocenters. The predicted molar refractivity (Wildman–Crippen MR) is 82.1 cm³/mol. The Morgan fingerprint density at radius 1 is 1.11 bits per heavy atom. The molecule has 19 heavy (non-hydrogen) atoms. The van der Waals surface area contributed by atoms with E-state index in [1.165, 1.54) is 26.1 Å². The Balaban J connectivity index is 2.25. The average Bonchev–Trinajstić information content (AvgIpc) is 2.38. The molecule has 1 aliphatic rings. The van der Waals surface area contributed by atoms with Crippen molar-refractivity contribution in [2.45, 2.75) is 66.1 Å². The van der Waals surface area contributed by atoms with Crippen LogP contribution in [0.5, 0.6) is 0 Å². The molecule has 0 aromatic carbocycles. The SMILES string of the molecule is CCC(C)CN1CCC(O[C@@H](C)C#CC(C)C)CC1. The molecule has 0 radical (unpaired) electrons. The van der Waals surface area contributed by atoms with Crippen LogP contribution in [0, 0.1) is 23.7 Å². The van der Waals surface area contributed by atoms with Crippen LogP contribution in [0.3, 0.4) is 0 Å². The summed E-state index contributed by atoms with van der Waals surface area (Å²) in [6, 6.07) is 0. The third-order valence-corrected chi connectivity index (χ3v) is 3.77. The number of nitrogens with zero attached hydrogens (tertiary/aromatic N) is 1. The molecular formula is C17H31NO. The quantitative estimate of drug-likeness (QED) is 0.705. The summed E-state index contributed by atoms with van der Waals surface area (Å²) in [7, 11) is 0. The molecule has 1 saturated heterocycles. The summed E-state index contributed by atoms with van der Waals surface area (Å²) >= 11 is 0. The zero-order valence-electron chi connectivity index (χ0n) is 13.4. The van der Waals surface area contributed by atoms with Crippen LogP contribution >= 0.6 is 0 Å². The van der Waals surface area contributed by atoms with Crippen LogP contribution in [-0.4, -0.2) is 36.7 Å². The lowest BCUT2D eigenvalue weighted by atomic mass is 10.0. The summed E-state index contributed by atoms with van der Waals surface area (Å²) in [6.07, 6.45) is 4.07. The lowest BCUT2D eigenvalue weighted by molar-refractivity contribution is -0.0139. The fraction of sp³-hybridized carbons (Fsp3) is 0.882. The number of hydrogen-bond donors (Lipinski definition) is 0. The van der Waals surface area contributed by atoms with Gasteiger partial charge in [0.1, 0.15) is 6.10 Å². The topological polar surface area (TPSA) is 12.5 Å². The minimum absolute atomic E-state index is 0.0773. The van der Waals surface area contributed by atoms with Gasteiger partial charge >= 0.3 is 0 Å². The maximum Gasteiger partial charge on any atom is 0.115 e. The number of hydrogen-bond acceptors (Lipinski definition) is 2. The smallest absolute Gasteiger partial charge is 0.115 e. The van der Waals surface area contributed by atoms with Gasteiger partial charge in [-0.15, -0.1) is 0 Å². The first kappa shape index (κ1) is 16.5. The normalized spacial score (nSPS) is 20.9. The van der Waals surface area contributed by atoms with Crippen LogP contribution in [-0.2, 0) is 4.74 Å². The Kier molecular flexibility index (Phi) is 7.49. The van der Waals surface area contributed by atoms with Crippen LogP contribution < -0.4 is 0 Å². The Morgan fingerprint density at radius 2 is 1.74 bits per heavy atom. The van der Waals surface area contributed by atoms with Crippen molar-refractivity contribution in [2.75, 3.05) is 19.6 Å². The molecule has 0 aromatic rings. The number of piperidine rings is 1. The maximum atomic E-state index is 6.02. The van der Waals surface area contributed by atoms with Crippen molar-refractivity contribution in [3.05, 3.63) is 0 Å². The van der Waals surface area contributed by atoms with E-state index >= 15 is 0 Å². The Labute approximate surface area is 119 Å². The third-order valence-electron chi connectivity index (χ3n) is 3.77. The highest BCUT2D eigenvalue weighted by atomic mass is 16.5. The number of ether oxygens (including phenoxy) is 1. The molecule has 0 N–H and O–H groups in total. The molecule has 2 nitrogen and oxygen atoms in total. The van der Waals surface area contributed by atoms with Gasteiger partial charge in [-0.25, -0.2) is 0 Å². The van der Waals surface area contributed by atoms with Gasteiger partial charge in [-0.2, -0.15) is 0 Å². The summed E-state index contributed by atoms with van der Waals surface area (Å²) in [5.41, 5.74) is 0. The predicted octanol–water partition coefficient (Wildman–Crippen LogP) is 3.56. The summed E-state index contributed by atoms with van der Waals surface area (Å²) in [6.45, 7) is 14.5. The molecular weight excluding hydrogens is 234 g/mol. The zero-order valence-corrected chi connectivity index (χ0v) is 13.4. The van der Waals surface area contributed by atoms with Gasteiger partial charge in [-0.3, -0.25) is 0 Å². The summed E-state index contributed by atoms with van der Waals surface area (Å²) in [5.74, 6) is 7.63. The van der Waals surface area contributed by atoms with E-state index in [0.717, 1.165) is 18.8 Å².